The molecule has 0 aliphatic heterocycles. The van der Waals surface area contributed by atoms with Crippen molar-refractivity contribution in [1.29, 1.82) is 0 Å². The molecule has 17 heavy (non-hydrogen) atoms. The smallest absolute Gasteiger partial charge is 0.147 e. The van der Waals surface area contributed by atoms with E-state index in [0.29, 0.717) is 6.54 Å². The fourth-order valence-corrected chi connectivity index (χ4v) is 1.77. The number of nitrogens with zero attached hydrogens (tertiary/aromatic N) is 4. The van der Waals surface area contributed by atoms with Crippen molar-refractivity contribution in [3.8, 4) is 0 Å². The predicted molar refractivity (Wildman–Crippen MR) is 67.0 cm³/mol. The van der Waals surface area contributed by atoms with Crippen LogP contribution in [-0.2, 0) is 6.54 Å². The van der Waals surface area contributed by atoms with Gasteiger partial charge in [-0.1, -0.05) is 6.07 Å². The van der Waals surface area contributed by atoms with Crippen LogP contribution in [0.25, 0.3) is 0 Å². The number of rotatable bonds is 4. The fourth-order valence-electron chi connectivity index (χ4n) is 1.77. The first-order chi connectivity index (χ1) is 8.20. The van der Waals surface area contributed by atoms with Gasteiger partial charge in [0, 0.05) is 18.3 Å². The van der Waals surface area contributed by atoms with Gasteiger partial charge in [-0.3, -0.25) is 0 Å². The highest BCUT2D eigenvalue weighted by Gasteiger charge is 2.07. The van der Waals surface area contributed by atoms with Crippen LogP contribution in [0.2, 0.25) is 0 Å². The molecule has 0 aliphatic rings. The minimum atomic E-state index is 0.697. The van der Waals surface area contributed by atoms with E-state index >= 15 is 0 Å². The lowest BCUT2D eigenvalue weighted by Gasteiger charge is -2.09. The van der Waals surface area contributed by atoms with Crippen molar-refractivity contribution in [2.24, 2.45) is 0 Å². The van der Waals surface area contributed by atoms with E-state index in [2.05, 4.69) is 33.4 Å². The van der Waals surface area contributed by atoms with Crippen LogP contribution in [0.4, 0.5) is 5.82 Å². The van der Waals surface area contributed by atoms with Crippen molar-refractivity contribution in [1.82, 2.24) is 19.7 Å². The van der Waals surface area contributed by atoms with E-state index in [0.717, 1.165) is 29.6 Å². The van der Waals surface area contributed by atoms with Gasteiger partial charge in [0.05, 0.1) is 6.54 Å². The van der Waals surface area contributed by atoms with E-state index in [1.165, 1.54) is 0 Å². The van der Waals surface area contributed by atoms with Crippen molar-refractivity contribution in [3.05, 3.63) is 35.5 Å². The molecule has 0 radical (unpaired) electrons. The Kier molecular flexibility index (Phi) is 3.37. The molecule has 2 aromatic heterocycles. The van der Waals surface area contributed by atoms with Gasteiger partial charge in [0.1, 0.15) is 17.5 Å². The minimum Gasteiger partial charge on any atom is -0.370 e. The SMILES string of the molecule is CCNc1ncccc1Cn1nc(C)nc1C. The molecule has 90 valence electrons. The average Bonchev–Trinajstić information content (AvgIpc) is 2.61. The van der Waals surface area contributed by atoms with Crippen LogP contribution in [0.15, 0.2) is 18.3 Å². The Morgan fingerprint density at radius 1 is 1.35 bits per heavy atom. The van der Waals surface area contributed by atoms with Gasteiger partial charge in [0.25, 0.3) is 0 Å². The maximum Gasteiger partial charge on any atom is 0.147 e. The third-order valence-electron chi connectivity index (χ3n) is 2.52. The molecule has 0 fully saturated rings. The van der Waals surface area contributed by atoms with Crippen LogP contribution in [0.1, 0.15) is 24.1 Å². The second-order valence-corrected chi connectivity index (χ2v) is 3.91. The summed E-state index contributed by atoms with van der Waals surface area (Å²) < 4.78 is 1.90. The van der Waals surface area contributed by atoms with Gasteiger partial charge >= 0.3 is 0 Å². The lowest BCUT2D eigenvalue weighted by Crippen LogP contribution is -2.09. The molecule has 5 heteroatoms. The van der Waals surface area contributed by atoms with E-state index in [1.807, 2.05) is 24.6 Å². The molecule has 5 nitrogen and oxygen atoms in total. The lowest BCUT2D eigenvalue weighted by molar-refractivity contribution is 0.655. The summed E-state index contributed by atoms with van der Waals surface area (Å²) in [6.07, 6.45) is 1.79. The van der Waals surface area contributed by atoms with Gasteiger partial charge in [-0.15, -0.1) is 0 Å². The molecule has 2 aromatic rings. The summed E-state index contributed by atoms with van der Waals surface area (Å²) in [7, 11) is 0. The maximum atomic E-state index is 4.36. The number of nitrogens with one attached hydrogen (secondary N) is 1. The van der Waals surface area contributed by atoms with Crippen LogP contribution in [0, 0.1) is 13.8 Å². The Balaban J connectivity index is 2.26. The second kappa shape index (κ2) is 4.95. The van der Waals surface area contributed by atoms with Crippen molar-refractivity contribution in [2.45, 2.75) is 27.3 Å². The molecule has 0 atom stereocenters. The van der Waals surface area contributed by atoms with E-state index in [1.54, 1.807) is 6.20 Å². The summed E-state index contributed by atoms with van der Waals surface area (Å²) in [4.78, 5) is 8.62. The quantitative estimate of drug-likeness (QED) is 0.871. The Bertz CT molecular complexity index is 503. The Labute approximate surface area is 101 Å². The highest BCUT2D eigenvalue weighted by molar-refractivity contribution is 5.43. The van der Waals surface area contributed by atoms with Crippen LogP contribution >= 0.6 is 0 Å². The molecule has 0 saturated heterocycles. The van der Waals surface area contributed by atoms with Crippen LogP contribution in [0.3, 0.4) is 0 Å². The minimum absolute atomic E-state index is 0.697. The predicted octanol–water partition coefficient (Wildman–Crippen LogP) is 1.77. The second-order valence-electron chi connectivity index (χ2n) is 3.91. The molecule has 0 aromatic carbocycles. The van der Waals surface area contributed by atoms with Gasteiger partial charge in [-0.2, -0.15) is 5.10 Å². The Morgan fingerprint density at radius 3 is 2.82 bits per heavy atom. The summed E-state index contributed by atoms with van der Waals surface area (Å²) >= 11 is 0. The average molecular weight is 231 g/mol. The Hall–Kier alpha value is -1.91. The van der Waals surface area contributed by atoms with Crippen molar-refractivity contribution in [2.75, 3.05) is 11.9 Å². The molecule has 0 bridgehead atoms. The van der Waals surface area contributed by atoms with E-state index < -0.39 is 0 Å². The monoisotopic (exact) mass is 231 g/mol. The van der Waals surface area contributed by atoms with Gasteiger partial charge in [-0.25, -0.2) is 14.6 Å². The maximum absolute atomic E-state index is 4.36. The molecule has 0 unspecified atom stereocenters. The van der Waals surface area contributed by atoms with Crippen LogP contribution in [-0.4, -0.2) is 26.3 Å². The summed E-state index contributed by atoms with van der Waals surface area (Å²) in [5.41, 5.74) is 1.13. The fraction of sp³-hybridized carbons (Fsp3) is 0.417. The first-order valence-electron chi connectivity index (χ1n) is 5.76. The van der Waals surface area contributed by atoms with Crippen LogP contribution < -0.4 is 5.32 Å². The Morgan fingerprint density at radius 2 is 2.18 bits per heavy atom. The molecule has 0 saturated carbocycles. The molecule has 0 amide bonds. The molecule has 2 heterocycles. The highest BCUT2D eigenvalue weighted by atomic mass is 15.3. The summed E-state index contributed by atoms with van der Waals surface area (Å²) in [6, 6.07) is 4.00. The largest absolute Gasteiger partial charge is 0.370 e. The van der Waals surface area contributed by atoms with E-state index in [9.17, 15) is 0 Å². The van der Waals surface area contributed by atoms with Gasteiger partial charge in [0.2, 0.25) is 0 Å². The number of hydrogen-bond acceptors (Lipinski definition) is 4. The zero-order valence-electron chi connectivity index (χ0n) is 10.4. The molecule has 1 N–H and O–H groups in total. The normalized spacial score (nSPS) is 10.5. The van der Waals surface area contributed by atoms with Crippen molar-refractivity contribution >= 4 is 5.82 Å². The summed E-state index contributed by atoms with van der Waals surface area (Å²) in [5.74, 6) is 2.65. The number of aryl methyl sites for hydroxylation is 2. The first kappa shape index (κ1) is 11.6. The molecular weight excluding hydrogens is 214 g/mol. The van der Waals surface area contributed by atoms with Crippen molar-refractivity contribution < 1.29 is 0 Å². The van der Waals surface area contributed by atoms with Gasteiger partial charge < -0.3 is 5.32 Å². The first-order valence-corrected chi connectivity index (χ1v) is 5.76. The zero-order chi connectivity index (χ0) is 12.3. The van der Waals surface area contributed by atoms with Crippen LogP contribution in [0.5, 0.6) is 0 Å². The summed E-state index contributed by atoms with van der Waals surface area (Å²) in [5, 5.41) is 7.61. The lowest BCUT2D eigenvalue weighted by atomic mass is 10.2. The number of aromatic nitrogens is 4. The molecular formula is C12H17N5. The topological polar surface area (TPSA) is 55.6 Å². The van der Waals surface area contributed by atoms with E-state index in [-0.39, 0.29) is 0 Å². The van der Waals surface area contributed by atoms with Crippen molar-refractivity contribution in [3.63, 3.8) is 0 Å². The zero-order valence-corrected chi connectivity index (χ0v) is 10.4. The standard InChI is InChI=1S/C12H17N5/c1-4-13-12-11(6-5-7-14-12)8-17-10(3)15-9(2)16-17/h5-7H,4,8H2,1-3H3,(H,13,14). The highest BCUT2D eigenvalue weighted by Crippen LogP contribution is 2.13. The molecule has 0 aliphatic carbocycles. The van der Waals surface area contributed by atoms with Gasteiger partial charge in [0.15, 0.2) is 0 Å². The third kappa shape index (κ3) is 2.61. The number of hydrogen-bond donors (Lipinski definition) is 1. The number of anilines is 1. The third-order valence-corrected chi connectivity index (χ3v) is 2.52. The van der Waals surface area contributed by atoms with Gasteiger partial charge in [-0.05, 0) is 26.8 Å². The molecule has 2 rings (SSSR count). The number of pyridine rings is 1. The summed E-state index contributed by atoms with van der Waals surface area (Å²) in [6.45, 7) is 7.48. The molecule has 0 spiro atoms. The van der Waals surface area contributed by atoms with E-state index in [4.69, 9.17) is 0 Å².